The lowest BCUT2D eigenvalue weighted by molar-refractivity contribution is 0.242. The molecule has 0 radical (unpaired) electrons. The zero-order valence-corrected chi connectivity index (χ0v) is 15.3. The highest BCUT2D eigenvalue weighted by Crippen LogP contribution is 2.12. The number of piperazine rings is 1. The summed E-state index contributed by atoms with van der Waals surface area (Å²) in [5.74, 6) is 2.41. The summed E-state index contributed by atoms with van der Waals surface area (Å²) in [6, 6.07) is 7.01. The molecule has 0 N–H and O–H groups in total. The normalized spacial score (nSPS) is 15.2. The fourth-order valence-corrected chi connectivity index (χ4v) is 3.18. The molecule has 3 aromatic rings. The lowest BCUT2D eigenvalue weighted by Gasteiger charge is -2.35. The van der Waals surface area contributed by atoms with Crippen molar-refractivity contribution in [1.29, 1.82) is 0 Å². The molecule has 0 aromatic carbocycles. The Balaban J connectivity index is 1.35. The van der Waals surface area contributed by atoms with E-state index in [2.05, 4.69) is 30.0 Å². The van der Waals surface area contributed by atoms with Crippen molar-refractivity contribution in [3.05, 3.63) is 59.0 Å². The van der Waals surface area contributed by atoms with Crippen molar-refractivity contribution in [2.24, 2.45) is 0 Å². The molecule has 3 aromatic heterocycles. The quantitative estimate of drug-likeness (QED) is 0.644. The molecule has 0 unspecified atom stereocenters. The third kappa shape index (κ3) is 4.03. The van der Waals surface area contributed by atoms with Crippen LogP contribution in [0.2, 0.25) is 0 Å². The topological polar surface area (TPSA) is 85.0 Å². The fourth-order valence-electron chi connectivity index (χ4n) is 3.18. The van der Waals surface area contributed by atoms with Gasteiger partial charge in [0.05, 0.1) is 6.54 Å². The van der Waals surface area contributed by atoms with Gasteiger partial charge in [0.2, 0.25) is 0 Å². The molecule has 0 atom stereocenters. The predicted octanol–water partition coefficient (Wildman–Crippen LogP) is 0.350. The van der Waals surface area contributed by atoms with Gasteiger partial charge in [-0.1, -0.05) is 0 Å². The van der Waals surface area contributed by atoms with E-state index >= 15 is 0 Å². The van der Waals surface area contributed by atoms with E-state index in [9.17, 15) is 4.79 Å². The number of rotatable bonds is 5. The summed E-state index contributed by atoms with van der Waals surface area (Å²) in [6.07, 6.45) is 5.30. The van der Waals surface area contributed by atoms with Crippen LogP contribution in [0.15, 0.2) is 47.7 Å². The maximum atomic E-state index is 12.1. The number of aryl methyl sites for hydroxylation is 1. The Bertz CT molecular complexity index is 944. The first-order chi connectivity index (χ1) is 13.2. The second-order valence-corrected chi connectivity index (χ2v) is 6.49. The molecular weight excluding hydrogens is 344 g/mol. The van der Waals surface area contributed by atoms with Crippen LogP contribution in [-0.4, -0.2) is 67.2 Å². The molecule has 1 aliphatic heterocycles. The summed E-state index contributed by atoms with van der Waals surface area (Å²) in [4.78, 5) is 25.4. The minimum Gasteiger partial charge on any atom is -0.354 e. The SMILES string of the molecule is Cc1nccc(N2CCN(CCn3nc(-n4cccn4)ccc3=O)CC2)n1. The highest BCUT2D eigenvalue weighted by molar-refractivity contribution is 5.37. The number of hydrogen-bond donors (Lipinski definition) is 0. The Morgan fingerprint density at radius 1 is 1.00 bits per heavy atom. The van der Waals surface area contributed by atoms with E-state index in [1.54, 1.807) is 29.2 Å². The summed E-state index contributed by atoms with van der Waals surface area (Å²) in [5, 5.41) is 8.58. The van der Waals surface area contributed by atoms with Gasteiger partial charge in [0, 0.05) is 57.4 Å². The van der Waals surface area contributed by atoms with Crippen molar-refractivity contribution >= 4 is 5.82 Å². The van der Waals surface area contributed by atoms with Crippen molar-refractivity contribution in [2.75, 3.05) is 37.6 Å². The van der Waals surface area contributed by atoms with E-state index in [1.165, 1.54) is 4.68 Å². The molecular formula is C18H22N8O. The zero-order valence-electron chi connectivity index (χ0n) is 15.3. The van der Waals surface area contributed by atoms with E-state index in [-0.39, 0.29) is 5.56 Å². The van der Waals surface area contributed by atoms with Crippen LogP contribution in [0, 0.1) is 6.92 Å². The molecule has 1 saturated heterocycles. The minimum absolute atomic E-state index is 0.0963. The molecule has 9 nitrogen and oxygen atoms in total. The smallest absolute Gasteiger partial charge is 0.266 e. The zero-order chi connectivity index (χ0) is 18.6. The van der Waals surface area contributed by atoms with E-state index in [0.717, 1.165) is 44.4 Å². The van der Waals surface area contributed by atoms with Gasteiger partial charge in [-0.05, 0) is 25.1 Å². The third-order valence-electron chi connectivity index (χ3n) is 4.68. The lowest BCUT2D eigenvalue weighted by atomic mass is 10.3. The molecule has 4 rings (SSSR count). The van der Waals surface area contributed by atoms with Gasteiger partial charge in [0.25, 0.3) is 5.56 Å². The maximum Gasteiger partial charge on any atom is 0.266 e. The first kappa shape index (κ1) is 17.3. The highest BCUT2D eigenvalue weighted by Gasteiger charge is 2.18. The molecule has 0 aliphatic carbocycles. The van der Waals surface area contributed by atoms with Crippen molar-refractivity contribution in [2.45, 2.75) is 13.5 Å². The minimum atomic E-state index is -0.0963. The molecule has 0 amide bonds. The molecule has 1 aliphatic rings. The summed E-state index contributed by atoms with van der Waals surface area (Å²) in [6.45, 7) is 6.92. The number of anilines is 1. The van der Waals surface area contributed by atoms with Crippen LogP contribution in [0.1, 0.15) is 5.82 Å². The fraction of sp³-hybridized carbons (Fsp3) is 0.389. The van der Waals surface area contributed by atoms with E-state index in [4.69, 9.17) is 0 Å². The van der Waals surface area contributed by atoms with Gasteiger partial charge >= 0.3 is 0 Å². The predicted molar refractivity (Wildman–Crippen MR) is 101 cm³/mol. The van der Waals surface area contributed by atoms with Gasteiger partial charge in [-0.2, -0.15) is 5.10 Å². The Morgan fingerprint density at radius 3 is 2.59 bits per heavy atom. The van der Waals surface area contributed by atoms with E-state index < -0.39 is 0 Å². The number of nitrogens with zero attached hydrogens (tertiary/aromatic N) is 8. The van der Waals surface area contributed by atoms with Crippen LogP contribution in [0.3, 0.4) is 0 Å². The second kappa shape index (κ2) is 7.67. The van der Waals surface area contributed by atoms with Crippen LogP contribution in [-0.2, 0) is 6.54 Å². The summed E-state index contributed by atoms with van der Waals surface area (Å²) >= 11 is 0. The number of hydrogen-bond acceptors (Lipinski definition) is 7. The van der Waals surface area contributed by atoms with Crippen LogP contribution in [0.4, 0.5) is 5.82 Å². The van der Waals surface area contributed by atoms with E-state index in [1.807, 2.05) is 25.3 Å². The van der Waals surface area contributed by atoms with Gasteiger partial charge in [-0.25, -0.2) is 19.3 Å². The molecule has 27 heavy (non-hydrogen) atoms. The highest BCUT2D eigenvalue weighted by atomic mass is 16.1. The summed E-state index contributed by atoms with van der Waals surface area (Å²) in [7, 11) is 0. The summed E-state index contributed by atoms with van der Waals surface area (Å²) < 4.78 is 3.16. The molecule has 0 spiro atoms. The number of aromatic nitrogens is 6. The average molecular weight is 366 g/mol. The van der Waals surface area contributed by atoms with Crippen LogP contribution in [0.25, 0.3) is 5.82 Å². The molecule has 0 saturated carbocycles. The largest absolute Gasteiger partial charge is 0.354 e. The van der Waals surface area contributed by atoms with Crippen molar-refractivity contribution in [3.63, 3.8) is 0 Å². The van der Waals surface area contributed by atoms with Gasteiger partial charge in [0.15, 0.2) is 5.82 Å². The maximum absolute atomic E-state index is 12.1. The molecule has 0 bridgehead atoms. The first-order valence-electron chi connectivity index (χ1n) is 9.04. The molecule has 9 heteroatoms. The molecule has 4 heterocycles. The van der Waals surface area contributed by atoms with Crippen molar-refractivity contribution < 1.29 is 0 Å². The first-order valence-corrected chi connectivity index (χ1v) is 9.04. The van der Waals surface area contributed by atoms with Crippen molar-refractivity contribution in [3.8, 4) is 5.82 Å². The van der Waals surface area contributed by atoms with Gasteiger partial charge in [0.1, 0.15) is 11.6 Å². The van der Waals surface area contributed by atoms with E-state index in [0.29, 0.717) is 12.4 Å². The third-order valence-corrected chi connectivity index (χ3v) is 4.68. The van der Waals surface area contributed by atoms with Crippen LogP contribution >= 0.6 is 0 Å². The standard InChI is InChI=1S/C18H22N8O/c1-15-19-7-5-16(21-15)24-12-9-23(10-13-24)11-14-26-18(27)4-3-17(22-26)25-8-2-6-20-25/h2-8H,9-14H2,1H3. The molecule has 140 valence electrons. The molecule has 1 fully saturated rings. The Morgan fingerprint density at radius 2 is 1.85 bits per heavy atom. The Kier molecular flexibility index (Phi) is 4.93. The second-order valence-electron chi connectivity index (χ2n) is 6.49. The lowest BCUT2D eigenvalue weighted by Crippen LogP contribution is -2.48. The Labute approximate surface area is 156 Å². The van der Waals surface area contributed by atoms with Gasteiger partial charge in [-0.15, -0.1) is 5.10 Å². The Hall–Kier alpha value is -3.07. The van der Waals surface area contributed by atoms with Gasteiger partial charge in [-0.3, -0.25) is 9.69 Å². The summed E-state index contributed by atoms with van der Waals surface area (Å²) in [5.41, 5.74) is -0.0963. The van der Waals surface area contributed by atoms with Crippen molar-refractivity contribution in [1.82, 2.24) is 34.4 Å². The van der Waals surface area contributed by atoms with Crippen LogP contribution < -0.4 is 10.5 Å². The average Bonchev–Trinajstić information content (AvgIpc) is 3.23. The monoisotopic (exact) mass is 366 g/mol. The van der Waals surface area contributed by atoms with Crippen LogP contribution in [0.5, 0.6) is 0 Å². The van der Waals surface area contributed by atoms with Gasteiger partial charge < -0.3 is 4.90 Å².